The zero-order chi connectivity index (χ0) is 14.3. The Bertz CT molecular complexity index is 359. The van der Waals surface area contributed by atoms with Crippen LogP contribution in [0.25, 0.3) is 0 Å². The molecule has 1 rings (SSSR count). The summed E-state index contributed by atoms with van der Waals surface area (Å²) in [5.41, 5.74) is 1.21. The van der Waals surface area contributed by atoms with E-state index in [2.05, 4.69) is 36.1 Å². The van der Waals surface area contributed by atoms with Crippen LogP contribution in [0.1, 0.15) is 32.8 Å². The van der Waals surface area contributed by atoms with Gasteiger partial charge in [0.1, 0.15) is 0 Å². The summed E-state index contributed by atoms with van der Waals surface area (Å²) in [4.78, 5) is 10.8. The summed E-state index contributed by atoms with van der Waals surface area (Å²) in [6.07, 6.45) is 4.74. The largest absolute Gasteiger partial charge is 0.385 e. The van der Waals surface area contributed by atoms with Crippen molar-refractivity contribution in [1.29, 1.82) is 0 Å². The minimum atomic E-state index is 0.107. The molecule has 5 heteroatoms. The highest BCUT2D eigenvalue weighted by molar-refractivity contribution is 5.28. The third-order valence-electron chi connectivity index (χ3n) is 2.70. The molecule has 0 fully saturated rings. The van der Waals surface area contributed by atoms with Gasteiger partial charge in [0.25, 0.3) is 0 Å². The van der Waals surface area contributed by atoms with Crippen molar-refractivity contribution in [3.05, 3.63) is 18.0 Å². The first-order valence-electron chi connectivity index (χ1n) is 6.68. The average molecular weight is 266 g/mol. The molecule has 1 heterocycles. The molecule has 1 N–H and O–H groups in total. The fourth-order valence-electron chi connectivity index (χ4n) is 1.55. The average Bonchev–Trinajstić information content (AvgIpc) is 2.36. The molecule has 0 atom stereocenters. The molecule has 5 nitrogen and oxygen atoms in total. The standard InChI is InChI=1S/C14H26N4O/c1-14(2,3)17-11-12-9-15-13(16-10-12)18(4)7-6-8-19-5/h9-10,17H,6-8,11H2,1-5H3. The molecule has 1 aromatic rings. The summed E-state index contributed by atoms with van der Waals surface area (Å²) in [5, 5.41) is 3.42. The van der Waals surface area contributed by atoms with Gasteiger partial charge in [-0.05, 0) is 27.2 Å². The lowest BCUT2D eigenvalue weighted by Crippen LogP contribution is -2.35. The van der Waals surface area contributed by atoms with Crippen LogP contribution in [0.2, 0.25) is 0 Å². The van der Waals surface area contributed by atoms with Crippen molar-refractivity contribution >= 4 is 5.95 Å². The molecule has 0 amide bonds. The van der Waals surface area contributed by atoms with Gasteiger partial charge in [0.05, 0.1) is 0 Å². The van der Waals surface area contributed by atoms with Gasteiger partial charge in [-0.15, -0.1) is 0 Å². The van der Waals surface area contributed by atoms with Gasteiger partial charge < -0.3 is 15.0 Å². The number of rotatable bonds is 7. The van der Waals surface area contributed by atoms with E-state index < -0.39 is 0 Å². The Labute approximate surface area is 116 Å². The Morgan fingerprint density at radius 3 is 2.42 bits per heavy atom. The van der Waals surface area contributed by atoms with Crippen molar-refractivity contribution in [2.24, 2.45) is 0 Å². The molecule has 0 aliphatic carbocycles. The minimum absolute atomic E-state index is 0.107. The van der Waals surface area contributed by atoms with Gasteiger partial charge in [-0.1, -0.05) is 0 Å². The predicted octanol–water partition coefficient (Wildman–Crippen LogP) is 1.84. The number of hydrogen-bond donors (Lipinski definition) is 1. The summed E-state index contributed by atoms with van der Waals surface area (Å²) in [5.74, 6) is 0.760. The number of methoxy groups -OCH3 is 1. The van der Waals surface area contributed by atoms with Gasteiger partial charge in [0.2, 0.25) is 5.95 Å². The van der Waals surface area contributed by atoms with Crippen molar-refractivity contribution in [1.82, 2.24) is 15.3 Å². The fraction of sp³-hybridized carbons (Fsp3) is 0.714. The summed E-state index contributed by atoms with van der Waals surface area (Å²) >= 11 is 0. The summed E-state index contributed by atoms with van der Waals surface area (Å²) < 4.78 is 5.04. The second kappa shape index (κ2) is 7.40. The fourth-order valence-corrected chi connectivity index (χ4v) is 1.55. The van der Waals surface area contributed by atoms with Gasteiger partial charge in [-0.3, -0.25) is 0 Å². The monoisotopic (exact) mass is 266 g/mol. The number of nitrogens with one attached hydrogen (secondary N) is 1. The van der Waals surface area contributed by atoms with Gasteiger partial charge >= 0.3 is 0 Å². The smallest absolute Gasteiger partial charge is 0.224 e. The molecule has 108 valence electrons. The molecular formula is C14H26N4O. The summed E-state index contributed by atoms with van der Waals surface area (Å²) in [6.45, 7) is 8.88. The van der Waals surface area contributed by atoms with Crippen LogP contribution in [0.4, 0.5) is 5.95 Å². The molecule has 0 unspecified atom stereocenters. The first kappa shape index (κ1) is 15.9. The van der Waals surface area contributed by atoms with Gasteiger partial charge in [0, 0.05) is 57.3 Å². The SMILES string of the molecule is COCCCN(C)c1ncc(CNC(C)(C)C)cn1. The van der Waals surface area contributed by atoms with E-state index in [0.717, 1.165) is 37.6 Å². The van der Waals surface area contributed by atoms with Crippen molar-refractivity contribution < 1.29 is 4.74 Å². The minimum Gasteiger partial charge on any atom is -0.385 e. The van der Waals surface area contributed by atoms with Crippen LogP contribution in [0.15, 0.2) is 12.4 Å². The molecule has 1 aromatic heterocycles. The highest BCUT2D eigenvalue weighted by atomic mass is 16.5. The van der Waals surface area contributed by atoms with Crippen LogP contribution >= 0.6 is 0 Å². The lowest BCUT2D eigenvalue weighted by atomic mass is 10.1. The molecular weight excluding hydrogens is 240 g/mol. The summed E-state index contributed by atoms with van der Waals surface area (Å²) in [6, 6.07) is 0. The van der Waals surface area contributed by atoms with Crippen LogP contribution in [-0.2, 0) is 11.3 Å². The quantitative estimate of drug-likeness (QED) is 0.763. The van der Waals surface area contributed by atoms with E-state index in [0.29, 0.717) is 0 Å². The number of hydrogen-bond acceptors (Lipinski definition) is 5. The van der Waals surface area contributed by atoms with Crippen LogP contribution in [0.3, 0.4) is 0 Å². The Hall–Kier alpha value is -1.20. The van der Waals surface area contributed by atoms with Crippen LogP contribution in [-0.4, -0.2) is 42.8 Å². The number of aromatic nitrogens is 2. The van der Waals surface area contributed by atoms with Crippen LogP contribution < -0.4 is 10.2 Å². The normalized spacial score (nSPS) is 11.6. The zero-order valence-electron chi connectivity index (χ0n) is 12.7. The highest BCUT2D eigenvalue weighted by Crippen LogP contribution is 2.07. The maximum atomic E-state index is 5.04. The van der Waals surface area contributed by atoms with E-state index in [1.165, 1.54) is 0 Å². The molecule has 0 saturated heterocycles. The van der Waals surface area contributed by atoms with Crippen molar-refractivity contribution in [2.75, 3.05) is 32.2 Å². The molecule has 0 aliphatic heterocycles. The topological polar surface area (TPSA) is 50.3 Å². The number of anilines is 1. The highest BCUT2D eigenvalue weighted by Gasteiger charge is 2.09. The zero-order valence-corrected chi connectivity index (χ0v) is 12.7. The third kappa shape index (κ3) is 6.50. The van der Waals surface area contributed by atoms with E-state index in [9.17, 15) is 0 Å². The number of ether oxygens (including phenoxy) is 1. The van der Waals surface area contributed by atoms with Gasteiger partial charge in [0.15, 0.2) is 0 Å². The molecule has 0 radical (unpaired) electrons. The molecule has 0 bridgehead atoms. The maximum absolute atomic E-state index is 5.04. The van der Waals surface area contributed by atoms with E-state index in [1.807, 2.05) is 24.3 Å². The van der Waals surface area contributed by atoms with Gasteiger partial charge in [-0.25, -0.2) is 9.97 Å². The second-order valence-corrected chi connectivity index (χ2v) is 5.76. The number of nitrogens with zero attached hydrogens (tertiary/aromatic N) is 3. The van der Waals surface area contributed by atoms with E-state index in [4.69, 9.17) is 4.74 Å². The Kier molecular flexibility index (Phi) is 6.18. The van der Waals surface area contributed by atoms with Crippen molar-refractivity contribution in [3.63, 3.8) is 0 Å². The predicted molar refractivity (Wildman–Crippen MR) is 78.4 cm³/mol. The Morgan fingerprint density at radius 2 is 1.89 bits per heavy atom. The molecule has 19 heavy (non-hydrogen) atoms. The van der Waals surface area contributed by atoms with E-state index >= 15 is 0 Å². The van der Waals surface area contributed by atoms with E-state index in [1.54, 1.807) is 7.11 Å². The van der Waals surface area contributed by atoms with Crippen molar-refractivity contribution in [2.45, 2.75) is 39.3 Å². The molecule has 0 aliphatic rings. The Morgan fingerprint density at radius 1 is 1.26 bits per heavy atom. The summed E-state index contributed by atoms with van der Waals surface area (Å²) in [7, 11) is 3.71. The first-order chi connectivity index (χ1) is 8.92. The van der Waals surface area contributed by atoms with Crippen LogP contribution in [0, 0.1) is 0 Å². The van der Waals surface area contributed by atoms with Crippen LogP contribution in [0.5, 0.6) is 0 Å². The Balaban J connectivity index is 2.46. The lowest BCUT2D eigenvalue weighted by Gasteiger charge is -2.21. The van der Waals surface area contributed by atoms with Gasteiger partial charge in [-0.2, -0.15) is 0 Å². The van der Waals surface area contributed by atoms with Crippen molar-refractivity contribution in [3.8, 4) is 0 Å². The molecule has 0 aromatic carbocycles. The lowest BCUT2D eigenvalue weighted by molar-refractivity contribution is 0.196. The molecule has 0 spiro atoms. The maximum Gasteiger partial charge on any atom is 0.224 e. The first-order valence-corrected chi connectivity index (χ1v) is 6.68. The third-order valence-corrected chi connectivity index (χ3v) is 2.70. The molecule has 0 saturated carbocycles. The second-order valence-electron chi connectivity index (χ2n) is 5.76. The van der Waals surface area contributed by atoms with E-state index in [-0.39, 0.29) is 5.54 Å².